The Morgan fingerprint density at radius 1 is 1.04 bits per heavy atom. The number of aromatic hydroxyl groups is 1. The number of carbonyl (C=O) groups is 2. The van der Waals surface area contributed by atoms with Crippen LogP contribution in [-0.2, 0) is 0 Å². The Kier molecular flexibility index (Phi) is 4.43. The Labute approximate surface area is 163 Å². The number of aromatic nitrogens is 1. The molecule has 0 fully saturated rings. The fourth-order valence-electron chi connectivity index (χ4n) is 2.82. The molecule has 1 N–H and O–H groups in total. The van der Waals surface area contributed by atoms with Crippen LogP contribution in [-0.4, -0.2) is 21.6 Å². The number of hydrogen-bond acceptors (Lipinski definition) is 5. The summed E-state index contributed by atoms with van der Waals surface area (Å²) in [6.07, 6.45) is -0.823. The number of benzene rings is 2. The van der Waals surface area contributed by atoms with Crippen molar-refractivity contribution in [2.45, 2.75) is 0 Å². The largest absolute Gasteiger partial charge is 0.494 e. The first-order valence-electron chi connectivity index (χ1n) is 7.94. The van der Waals surface area contributed by atoms with Gasteiger partial charge in [-0.3, -0.25) is 4.79 Å². The second-order valence-corrected chi connectivity index (χ2v) is 7.07. The molecule has 2 aromatic carbocycles. The van der Waals surface area contributed by atoms with Crippen LogP contribution in [0.2, 0.25) is 5.02 Å². The predicted octanol–water partition coefficient (Wildman–Crippen LogP) is 5.34. The molecule has 0 radical (unpaired) electrons. The van der Waals surface area contributed by atoms with E-state index in [0.29, 0.717) is 26.6 Å². The van der Waals surface area contributed by atoms with Gasteiger partial charge in [-0.25, -0.2) is 9.36 Å². The van der Waals surface area contributed by atoms with Crippen molar-refractivity contribution in [1.29, 1.82) is 0 Å². The topological polar surface area (TPSA) is 68.5 Å². The van der Waals surface area contributed by atoms with Gasteiger partial charge in [0, 0.05) is 10.4 Å². The van der Waals surface area contributed by atoms with Crippen molar-refractivity contribution in [3.05, 3.63) is 81.5 Å². The SMILES string of the molecule is O=C(c1cccs1)c1c(O)n(C(=O)Oc2ccccc2)c2ccc(Cl)cc12. The number of para-hydroxylation sites is 1. The van der Waals surface area contributed by atoms with Gasteiger partial charge >= 0.3 is 6.09 Å². The molecule has 0 amide bonds. The Hall–Kier alpha value is -3.09. The van der Waals surface area contributed by atoms with Crippen LogP contribution in [0, 0.1) is 0 Å². The maximum absolute atomic E-state index is 12.9. The number of halogens is 1. The van der Waals surface area contributed by atoms with E-state index in [2.05, 4.69) is 0 Å². The summed E-state index contributed by atoms with van der Waals surface area (Å²) >= 11 is 7.32. The van der Waals surface area contributed by atoms with E-state index in [1.165, 1.54) is 11.3 Å². The van der Waals surface area contributed by atoms with Crippen LogP contribution in [0.3, 0.4) is 0 Å². The molecule has 0 aliphatic heterocycles. The normalized spacial score (nSPS) is 10.9. The maximum Gasteiger partial charge on any atom is 0.426 e. The zero-order valence-corrected chi connectivity index (χ0v) is 15.3. The summed E-state index contributed by atoms with van der Waals surface area (Å²) < 4.78 is 6.30. The summed E-state index contributed by atoms with van der Waals surface area (Å²) in [5.41, 5.74) is 0.345. The highest BCUT2D eigenvalue weighted by molar-refractivity contribution is 7.12. The number of nitrogens with zero attached hydrogens (tertiary/aromatic N) is 1. The third-order valence-electron chi connectivity index (χ3n) is 4.01. The summed E-state index contributed by atoms with van der Waals surface area (Å²) in [5, 5.41) is 13.3. The minimum Gasteiger partial charge on any atom is -0.494 e. The molecule has 0 bridgehead atoms. The maximum atomic E-state index is 12.9. The molecule has 4 rings (SSSR count). The number of ketones is 1. The van der Waals surface area contributed by atoms with E-state index >= 15 is 0 Å². The van der Waals surface area contributed by atoms with E-state index in [-0.39, 0.29) is 11.3 Å². The van der Waals surface area contributed by atoms with Crippen LogP contribution in [0.4, 0.5) is 4.79 Å². The molecule has 0 aliphatic rings. The van der Waals surface area contributed by atoms with E-state index in [1.807, 2.05) is 0 Å². The van der Waals surface area contributed by atoms with E-state index in [9.17, 15) is 14.7 Å². The first kappa shape index (κ1) is 17.3. The minimum atomic E-state index is -0.823. The fraction of sp³-hybridized carbons (Fsp3) is 0. The van der Waals surface area contributed by atoms with Gasteiger partial charge in [-0.15, -0.1) is 11.3 Å². The van der Waals surface area contributed by atoms with Crippen LogP contribution in [0.1, 0.15) is 15.2 Å². The van der Waals surface area contributed by atoms with Crippen LogP contribution in [0.15, 0.2) is 66.0 Å². The van der Waals surface area contributed by atoms with Gasteiger partial charge in [0.15, 0.2) is 0 Å². The van der Waals surface area contributed by atoms with Crippen molar-refractivity contribution in [3.8, 4) is 11.6 Å². The highest BCUT2D eigenvalue weighted by Gasteiger charge is 2.28. The summed E-state index contributed by atoms with van der Waals surface area (Å²) in [6.45, 7) is 0. The van der Waals surface area contributed by atoms with Crippen molar-refractivity contribution in [2.24, 2.45) is 0 Å². The summed E-state index contributed by atoms with van der Waals surface area (Å²) in [7, 11) is 0. The quantitative estimate of drug-likeness (QED) is 0.474. The molecule has 0 unspecified atom stereocenters. The molecule has 0 saturated heterocycles. The Balaban J connectivity index is 1.87. The Morgan fingerprint density at radius 3 is 2.52 bits per heavy atom. The van der Waals surface area contributed by atoms with Gasteiger partial charge in [-0.05, 0) is 41.8 Å². The van der Waals surface area contributed by atoms with E-state index in [1.54, 1.807) is 66.0 Å². The van der Waals surface area contributed by atoms with Crippen molar-refractivity contribution in [3.63, 3.8) is 0 Å². The average Bonchev–Trinajstić information content (AvgIpc) is 3.28. The monoisotopic (exact) mass is 397 g/mol. The second-order valence-electron chi connectivity index (χ2n) is 5.68. The minimum absolute atomic E-state index is 0.0139. The summed E-state index contributed by atoms with van der Waals surface area (Å²) in [5.74, 6) is -0.545. The first-order valence-corrected chi connectivity index (χ1v) is 9.20. The molecule has 2 aromatic heterocycles. The lowest BCUT2D eigenvalue weighted by Gasteiger charge is -2.07. The number of fused-ring (bicyclic) bond motifs is 1. The lowest BCUT2D eigenvalue weighted by atomic mass is 10.1. The van der Waals surface area contributed by atoms with Crippen molar-refractivity contribution in [2.75, 3.05) is 0 Å². The molecule has 0 saturated carbocycles. The number of ether oxygens (including phenoxy) is 1. The molecule has 0 aliphatic carbocycles. The molecule has 0 spiro atoms. The van der Waals surface area contributed by atoms with Crippen molar-refractivity contribution >= 4 is 45.7 Å². The average molecular weight is 398 g/mol. The molecule has 4 aromatic rings. The standard InChI is InChI=1S/C20H12ClNO4S/c21-12-8-9-15-14(11-12)17(18(23)16-7-4-10-27-16)19(24)22(15)20(25)26-13-5-2-1-3-6-13/h1-11,24H. The van der Waals surface area contributed by atoms with Gasteiger partial charge in [0.25, 0.3) is 0 Å². The van der Waals surface area contributed by atoms with Gasteiger partial charge in [-0.1, -0.05) is 35.9 Å². The van der Waals surface area contributed by atoms with Gasteiger partial charge in [0.05, 0.1) is 16.0 Å². The van der Waals surface area contributed by atoms with E-state index in [0.717, 1.165) is 4.57 Å². The van der Waals surface area contributed by atoms with Gasteiger partial charge in [-0.2, -0.15) is 0 Å². The molecule has 5 nitrogen and oxygen atoms in total. The first-order chi connectivity index (χ1) is 13.1. The summed E-state index contributed by atoms with van der Waals surface area (Å²) in [6, 6.07) is 16.6. The molecular weight excluding hydrogens is 386 g/mol. The molecule has 7 heteroatoms. The van der Waals surface area contributed by atoms with Crippen LogP contribution in [0.5, 0.6) is 11.6 Å². The van der Waals surface area contributed by atoms with Gasteiger partial charge < -0.3 is 9.84 Å². The van der Waals surface area contributed by atoms with Gasteiger partial charge in [0.1, 0.15) is 5.75 Å². The number of carbonyl (C=O) groups excluding carboxylic acids is 2. The lowest BCUT2D eigenvalue weighted by Crippen LogP contribution is -2.16. The highest BCUT2D eigenvalue weighted by Crippen LogP contribution is 2.35. The summed E-state index contributed by atoms with van der Waals surface area (Å²) in [4.78, 5) is 26.0. The Bertz CT molecular complexity index is 1150. The van der Waals surface area contributed by atoms with Crippen molar-refractivity contribution in [1.82, 2.24) is 4.57 Å². The van der Waals surface area contributed by atoms with Crippen LogP contribution < -0.4 is 4.74 Å². The highest BCUT2D eigenvalue weighted by atomic mass is 35.5. The number of rotatable bonds is 3. The molecule has 27 heavy (non-hydrogen) atoms. The predicted molar refractivity (Wildman–Crippen MR) is 104 cm³/mol. The zero-order valence-electron chi connectivity index (χ0n) is 13.8. The zero-order chi connectivity index (χ0) is 19.0. The molecule has 2 heterocycles. The molecule has 134 valence electrons. The smallest absolute Gasteiger partial charge is 0.426 e. The third-order valence-corrected chi connectivity index (χ3v) is 5.11. The number of hydrogen-bond donors (Lipinski definition) is 1. The second kappa shape index (κ2) is 6.90. The Morgan fingerprint density at radius 2 is 1.81 bits per heavy atom. The molecule has 0 atom stereocenters. The lowest BCUT2D eigenvalue weighted by molar-refractivity contribution is 0.104. The number of thiophene rings is 1. The third kappa shape index (κ3) is 3.09. The van der Waals surface area contributed by atoms with E-state index in [4.69, 9.17) is 16.3 Å². The van der Waals surface area contributed by atoms with Gasteiger partial charge in [0.2, 0.25) is 11.7 Å². The van der Waals surface area contributed by atoms with Crippen LogP contribution in [0.25, 0.3) is 10.9 Å². The van der Waals surface area contributed by atoms with Crippen LogP contribution >= 0.6 is 22.9 Å². The van der Waals surface area contributed by atoms with E-state index < -0.39 is 12.0 Å². The molecular formula is C20H12ClNO4S. The fourth-order valence-corrected chi connectivity index (χ4v) is 3.67. The van der Waals surface area contributed by atoms with Crippen molar-refractivity contribution < 1.29 is 19.4 Å².